The van der Waals surface area contributed by atoms with Crippen LogP contribution in [0.3, 0.4) is 0 Å². The predicted octanol–water partition coefficient (Wildman–Crippen LogP) is 6.54. The van der Waals surface area contributed by atoms with Crippen LogP contribution in [0.15, 0.2) is 83.9 Å². The Bertz CT molecular complexity index is 1350. The highest BCUT2D eigenvalue weighted by molar-refractivity contribution is 6.09. The van der Waals surface area contributed by atoms with Gasteiger partial charge < -0.3 is 9.64 Å². The summed E-state index contributed by atoms with van der Waals surface area (Å²) in [5, 5.41) is 5.01. The average Bonchev–Trinajstić information content (AvgIpc) is 3.37. The molecule has 0 N–H and O–H groups in total. The monoisotopic (exact) mass is 495 g/mol. The number of anilines is 1. The van der Waals surface area contributed by atoms with Crippen LogP contribution in [-0.2, 0) is 4.74 Å². The van der Waals surface area contributed by atoms with E-state index in [1.54, 1.807) is 0 Å². The molecular weight excluding hydrogens is 458 g/mol. The van der Waals surface area contributed by atoms with Crippen LogP contribution in [0.1, 0.15) is 44.9 Å². The van der Waals surface area contributed by atoms with Crippen molar-refractivity contribution < 1.29 is 4.74 Å². The van der Waals surface area contributed by atoms with Crippen LogP contribution < -0.4 is 4.90 Å². The molecule has 6 nitrogen and oxygen atoms in total. The number of aliphatic imine (C=N–C) groups is 1. The molecule has 192 valence electrons. The first-order valence-electron chi connectivity index (χ1n) is 13.1. The van der Waals surface area contributed by atoms with Gasteiger partial charge in [0.2, 0.25) is 0 Å². The molecule has 0 atom stereocenters. The summed E-state index contributed by atoms with van der Waals surface area (Å²) in [7, 11) is 1.82. The Balaban J connectivity index is 1.84. The molecule has 1 saturated heterocycles. The molecule has 0 radical (unpaired) electrons. The summed E-state index contributed by atoms with van der Waals surface area (Å²) < 4.78 is 7.60. The van der Waals surface area contributed by atoms with E-state index in [9.17, 15) is 0 Å². The van der Waals surface area contributed by atoms with Crippen molar-refractivity contribution in [2.24, 2.45) is 4.99 Å². The number of hydrogen-bond acceptors (Lipinski definition) is 5. The summed E-state index contributed by atoms with van der Waals surface area (Å²) in [6.45, 7) is 9.27. The van der Waals surface area contributed by atoms with Gasteiger partial charge in [-0.05, 0) is 32.4 Å². The topological polar surface area (TPSA) is 55.0 Å². The molecule has 0 aliphatic carbocycles. The van der Waals surface area contributed by atoms with E-state index < -0.39 is 0 Å². The van der Waals surface area contributed by atoms with Gasteiger partial charge in [0, 0.05) is 49.0 Å². The van der Waals surface area contributed by atoms with E-state index >= 15 is 0 Å². The molecule has 0 bridgehead atoms. The van der Waals surface area contributed by atoms with Gasteiger partial charge >= 0.3 is 0 Å². The van der Waals surface area contributed by atoms with Gasteiger partial charge in [-0.1, -0.05) is 68.0 Å². The fourth-order valence-corrected chi connectivity index (χ4v) is 4.40. The summed E-state index contributed by atoms with van der Waals surface area (Å²) in [4.78, 5) is 11.9. The largest absolute Gasteiger partial charge is 0.378 e. The molecule has 1 aliphatic heterocycles. The predicted molar refractivity (Wildman–Crippen MR) is 156 cm³/mol. The van der Waals surface area contributed by atoms with Crippen LogP contribution in [0.5, 0.6) is 0 Å². The van der Waals surface area contributed by atoms with Crippen molar-refractivity contribution in [1.82, 2.24) is 14.6 Å². The highest BCUT2D eigenvalue weighted by atomic mass is 16.5. The zero-order chi connectivity index (χ0) is 26.0. The van der Waals surface area contributed by atoms with E-state index in [0.29, 0.717) is 13.2 Å². The number of allylic oxidation sites excluding steroid dienone is 8. The number of nitrogens with zero attached hydrogens (tertiary/aromatic N) is 5. The molecule has 3 aromatic rings. The first-order valence-corrected chi connectivity index (χ1v) is 13.1. The SMILES string of the molecule is C/C=C\C(=NC)c1cccc(-c2cc(N3CCOCC3)n3nc(C(/C=C\C)=C/C=C/CCC)cc3n2)c1. The fraction of sp³-hybridized carbons (Fsp3) is 0.323. The van der Waals surface area contributed by atoms with Crippen LogP contribution in [0.4, 0.5) is 5.82 Å². The van der Waals surface area contributed by atoms with Crippen LogP contribution in [0.2, 0.25) is 0 Å². The van der Waals surface area contributed by atoms with Gasteiger partial charge in [0.05, 0.1) is 30.3 Å². The molecule has 1 fully saturated rings. The third-order valence-corrected chi connectivity index (χ3v) is 6.27. The summed E-state index contributed by atoms with van der Waals surface area (Å²) in [6.07, 6.45) is 16.8. The van der Waals surface area contributed by atoms with Crippen molar-refractivity contribution in [3.05, 3.63) is 90.2 Å². The average molecular weight is 496 g/mol. The fourth-order valence-electron chi connectivity index (χ4n) is 4.40. The second-order valence-corrected chi connectivity index (χ2v) is 8.93. The Morgan fingerprint density at radius 3 is 2.62 bits per heavy atom. The van der Waals surface area contributed by atoms with Gasteiger partial charge in [0.25, 0.3) is 0 Å². The zero-order valence-corrected chi connectivity index (χ0v) is 22.4. The Hall–Kier alpha value is -3.77. The van der Waals surface area contributed by atoms with Crippen LogP contribution in [-0.4, -0.2) is 53.7 Å². The maximum atomic E-state index is 5.63. The number of aromatic nitrogens is 3. The maximum Gasteiger partial charge on any atom is 0.158 e. The number of unbranched alkanes of at least 4 members (excludes halogenated alkanes) is 1. The van der Waals surface area contributed by atoms with E-state index in [4.69, 9.17) is 14.8 Å². The van der Waals surface area contributed by atoms with Crippen molar-refractivity contribution in [3.63, 3.8) is 0 Å². The molecule has 3 heterocycles. The minimum Gasteiger partial charge on any atom is -0.378 e. The van der Waals surface area contributed by atoms with E-state index in [-0.39, 0.29) is 0 Å². The van der Waals surface area contributed by atoms with E-state index in [1.165, 1.54) is 0 Å². The van der Waals surface area contributed by atoms with E-state index in [1.807, 2.05) is 43.6 Å². The molecule has 1 aliphatic rings. The van der Waals surface area contributed by atoms with Gasteiger partial charge in [-0.3, -0.25) is 4.99 Å². The molecule has 1 aromatic carbocycles. The Kier molecular flexibility index (Phi) is 9.22. The first kappa shape index (κ1) is 26.3. The van der Waals surface area contributed by atoms with Gasteiger partial charge in [0.15, 0.2) is 5.65 Å². The van der Waals surface area contributed by atoms with Gasteiger partial charge in [-0.2, -0.15) is 9.61 Å². The molecule has 37 heavy (non-hydrogen) atoms. The number of benzene rings is 1. The Morgan fingerprint density at radius 2 is 1.89 bits per heavy atom. The van der Waals surface area contributed by atoms with Gasteiger partial charge in [0.1, 0.15) is 5.82 Å². The second-order valence-electron chi connectivity index (χ2n) is 8.93. The molecule has 2 aromatic heterocycles. The normalized spacial score (nSPS) is 15.7. The smallest absolute Gasteiger partial charge is 0.158 e. The van der Waals surface area contributed by atoms with Crippen molar-refractivity contribution >= 4 is 22.7 Å². The van der Waals surface area contributed by atoms with Crippen molar-refractivity contribution in [3.8, 4) is 11.3 Å². The lowest BCUT2D eigenvalue weighted by Crippen LogP contribution is -2.37. The maximum absolute atomic E-state index is 5.63. The standard InChI is InChI=1S/C31H37N5O/c1-5-8-9-10-14-24(12-6-2)29-22-30-33-28(23-31(36(30)34-29)35-17-19-37-20-18-35)26-16-11-15-25(21-26)27(32-4)13-7-3/h6-7,9-16,21-23H,5,8,17-20H2,1-4H3/b10-9+,12-6-,13-7-,24-14+,32-27?. The van der Waals surface area contributed by atoms with Crippen LogP contribution in [0.25, 0.3) is 22.5 Å². The summed E-state index contributed by atoms with van der Waals surface area (Å²) in [5.41, 5.74) is 6.77. The highest BCUT2D eigenvalue weighted by Gasteiger charge is 2.19. The lowest BCUT2D eigenvalue weighted by atomic mass is 10.0. The van der Waals surface area contributed by atoms with Crippen molar-refractivity contribution in [2.75, 3.05) is 38.3 Å². The molecule has 0 spiro atoms. The molecular formula is C31H37N5O. The molecule has 6 heteroatoms. The summed E-state index contributed by atoms with van der Waals surface area (Å²) in [5.74, 6) is 1.03. The minimum atomic E-state index is 0.703. The van der Waals surface area contributed by atoms with Gasteiger partial charge in [-0.15, -0.1) is 0 Å². The zero-order valence-electron chi connectivity index (χ0n) is 22.4. The first-order chi connectivity index (χ1) is 18.2. The third-order valence-electron chi connectivity index (χ3n) is 6.27. The van der Waals surface area contributed by atoms with Gasteiger partial charge in [-0.25, -0.2) is 4.98 Å². The van der Waals surface area contributed by atoms with Crippen LogP contribution in [0, 0.1) is 0 Å². The van der Waals surface area contributed by atoms with Crippen molar-refractivity contribution in [1.29, 1.82) is 0 Å². The third kappa shape index (κ3) is 6.33. The number of ether oxygens (including phenoxy) is 1. The molecule has 0 saturated carbocycles. The Labute approximate surface area is 220 Å². The highest BCUT2D eigenvalue weighted by Crippen LogP contribution is 2.28. The van der Waals surface area contributed by atoms with E-state index in [0.717, 1.165) is 71.2 Å². The lowest BCUT2D eigenvalue weighted by molar-refractivity contribution is 0.122. The number of rotatable bonds is 9. The molecule has 0 amide bonds. The second kappa shape index (κ2) is 13.0. The van der Waals surface area contributed by atoms with Crippen LogP contribution >= 0.6 is 0 Å². The molecule has 0 unspecified atom stereocenters. The summed E-state index contributed by atoms with van der Waals surface area (Å²) >= 11 is 0. The number of hydrogen-bond donors (Lipinski definition) is 0. The lowest BCUT2D eigenvalue weighted by Gasteiger charge is -2.29. The number of fused-ring (bicyclic) bond motifs is 1. The minimum absolute atomic E-state index is 0.703. The Morgan fingerprint density at radius 1 is 1.08 bits per heavy atom. The summed E-state index contributed by atoms with van der Waals surface area (Å²) in [6, 6.07) is 12.6. The van der Waals surface area contributed by atoms with E-state index in [2.05, 4.69) is 77.5 Å². The molecule has 4 rings (SSSR count). The van der Waals surface area contributed by atoms with Crippen molar-refractivity contribution in [2.45, 2.75) is 33.6 Å². The number of morpholine rings is 1. The quantitative estimate of drug-likeness (QED) is 0.250.